The minimum Gasteiger partial charge on any atom is -0.462 e. The quantitative estimate of drug-likeness (QED) is 0.513. The summed E-state index contributed by atoms with van der Waals surface area (Å²) in [6, 6.07) is 30.4. The molecular formula is C27H28O4. The molecule has 4 heteroatoms. The largest absolute Gasteiger partial charge is 0.462 e. The zero-order valence-corrected chi connectivity index (χ0v) is 17.8. The summed E-state index contributed by atoms with van der Waals surface area (Å²) in [6.07, 6.45) is 1.05. The Kier molecular flexibility index (Phi) is 6.50. The van der Waals surface area contributed by atoms with E-state index in [2.05, 4.69) is 24.3 Å². The molecule has 0 unspecified atom stereocenters. The highest BCUT2D eigenvalue weighted by molar-refractivity contribution is 5.78. The van der Waals surface area contributed by atoms with E-state index in [1.165, 1.54) is 0 Å². The second-order valence-electron chi connectivity index (χ2n) is 7.85. The number of rotatable bonds is 7. The SMILES string of the molecule is CCOC(=O)C1(CCc2ccccc2)OCC(c2ccccc2)(c2ccccc2)CO1. The van der Waals surface area contributed by atoms with Gasteiger partial charge in [0.2, 0.25) is 0 Å². The van der Waals surface area contributed by atoms with Crippen LogP contribution in [0.25, 0.3) is 0 Å². The van der Waals surface area contributed by atoms with E-state index in [4.69, 9.17) is 14.2 Å². The van der Waals surface area contributed by atoms with Crippen molar-refractivity contribution < 1.29 is 19.0 Å². The van der Waals surface area contributed by atoms with Crippen molar-refractivity contribution in [3.63, 3.8) is 0 Å². The van der Waals surface area contributed by atoms with Crippen LogP contribution in [0.15, 0.2) is 91.0 Å². The molecule has 0 aliphatic carbocycles. The van der Waals surface area contributed by atoms with Gasteiger partial charge in [0, 0.05) is 6.42 Å². The van der Waals surface area contributed by atoms with Gasteiger partial charge in [0.15, 0.2) is 0 Å². The van der Waals surface area contributed by atoms with E-state index in [9.17, 15) is 4.79 Å². The predicted molar refractivity (Wildman–Crippen MR) is 120 cm³/mol. The van der Waals surface area contributed by atoms with Crippen LogP contribution >= 0.6 is 0 Å². The van der Waals surface area contributed by atoms with Crippen molar-refractivity contribution in [2.45, 2.75) is 31.0 Å². The van der Waals surface area contributed by atoms with Gasteiger partial charge >= 0.3 is 5.97 Å². The Hall–Kier alpha value is -2.95. The monoisotopic (exact) mass is 416 g/mol. The molecule has 1 aliphatic rings. The van der Waals surface area contributed by atoms with Crippen LogP contribution in [-0.2, 0) is 30.8 Å². The average molecular weight is 417 g/mol. The van der Waals surface area contributed by atoms with Crippen LogP contribution < -0.4 is 0 Å². The molecule has 0 N–H and O–H groups in total. The normalized spacial score (nSPS) is 17.1. The van der Waals surface area contributed by atoms with Gasteiger partial charge in [-0.15, -0.1) is 0 Å². The first-order valence-corrected chi connectivity index (χ1v) is 10.8. The zero-order valence-electron chi connectivity index (χ0n) is 17.8. The summed E-state index contributed by atoms with van der Waals surface area (Å²) in [5.74, 6) is -1.86. The summed E-state index contributed by atoms with van der Waals surface area (Å²) in [5, 5.41) is 0. The van der Waals surface area contributed by atoms with Gasteiger partial charge in [-0.2, -0.15) is 0 Å². The minimum atomic E-state index is -1.40. The van der Waals surface area contributed by atoms with E-state index < -0.39 is 17.2 Å². The maximum absolute atomic E-state index is 13.0. The van der Waals surface area contributed by atoms with Crippen molar-refractivity contribution in [2.75, 3.05) is 19.8 Å². The average Bonchev–Trinajstić information content (AvgIpc) is 2.85. The van der Waals surface area contributed by atoms with Crippen LogP contribution in [0, 0.1) is 0 Å². The van der Waals surface area contributed by atoms with E-state index in [1.54, 1.807) is 6.92 Å². The molecule has 4 nitrogen and oxygen atoms in total. The van der Waals surface area contributed by atoms with Crippen LogP contribution in [-0.4, -0.2) is 31.6 Å². The Morgan fingerprint density at radius 3 is 1.77 bits per heavy atom. The topological polar surface area (TPSA) is 44.8 Å². The van der Waals surface area contributed by atoms with Gasteiger partial charge in [-0.1, -0.05) is 91.0 Å². The fourth-order valence-corrected chi connectivity index (χ4v) is 4.14. The lowest BCUT2D eigenvalue weighted by molar-refractivity contribution is -0.285. The van der Waals surface area contributed by atoms with Crippen molar-refractivity contribution in [2.24, 2.45) is 0 Å². The van der Waals surface area contributed by atoms with E-state index in [0.717, 1.165) is 16.7 Å². The van der Waals surface area contributed by atoms with Crippen LogP contribution in [0.5, 0.6) is 0 Å². The summed E-state index contributed by atoms with van der Waals surface area (Å²) in [7, 11) is 0. The Bertz CT molecular complexity index is 920. The number of hydrogen-bond acceptors (Lipinski definition) is 4. The Balaban J connectivity index is 1.63. The van der Waals surface area contributed by atoms with Crippen LogP contribution in [0.3, 0.4) is 0 Å². The number of carbonyl (C=O) groups is 1. The predicted octanol–water partition coefficient (Wildman–Crippen LogP) is 4.91. The van der Waals surface area contributed by atoms with Crippen molar-refractivity contribution in [3.8, 4) is 0 Å². The smallest absolute Gasteiger partial charge is 0.366 e. The third-order valence-electron chi connectivity index (χ3n) is 5.93. The highest BCUT2D eigenvalue weighted by Gasteiger charge is 2.51. The fourth-order valence-electron chi connectivity index (χ4n) is 4.14. The molecule has 0 saturated carbocycles. The standard InChI is InChI=1S/C27H28O4/c1-2-29-25(28)27(19-18-22-12-6-3-7-13-22)30-20-26(21-31-27,23-14-8-4-9-15-23)24-16-10-5-11-17-24/h3-17H,2,18-21H2,1H3. The Labute approximate surface area is 183 Å². The van der Waals surface area contributed by atoms with Crippen molar-refractivity contribution in [3.05, 3.63) is 108 Å². The zero-order chi connectivity index (χ0) is 21.6. The summed E-state index contributed by atoms with van der Waals surface area (Å²) >= 11 is 0. The van der Waals surface area contributed by atoms with Gasteiger partial charge in [0.25, 0.3) is 5.79 Å². The fraction of sp³-hybridized carbons (Fsp3) is 0.296. The first-order valence-electron chi connectivity index (χ1n) is 10.8. The molecule has 3 aromatic carbocycles. The number of carbonyl (C=O) groups excluding carboxylic acids is 1. The number of aryl methyl sites for hydroxylation is 1. The molecule has 0 aromatic heterocycles. The molecule has 31 heavy (non-hydrogen) atoms. The molecule has 4 rings (SSSR count). The molecule has 1 fully saturated rings. The lowest BCUT2D eigenvalue weighted by Gasteiger charge is -2.45. The Morgan fingerprint density at radius 1 is 0.806 bits per heavy atom. The van der Waals surface area contributed by atoms with E-state index >= 15 is 0 Å². The summed E-state index contributed by atoms with van der Waals surface area (Å²) in [4.78, 5) is 13.0. The van der Waals surface area contributed by atoms with E-state index in [0.29, 0.717) is 26.1 Å². The molecular weight excluding hydrogens is 388 g/mol. The van der Waals surface area contributed by atoms with Crippen molar-refractivity contribution >= 4 is 5.97 Å². The molecule has 0 atom stereocenters. The second-order valence-corrected chi connectivity index (χ2v) is 7.85. The van der Waals surface area contributed by atoms with E-state index in [-0.39, 0.29) is 6.61 Å². The first kappa shape index (κ1) is 21.3. The molecule has 3 aromatic rings. The number of benzene rings is 3. The lowest BCUT2D eigenvalue weighted by atomic mass is 9.75. The number of ether oxygens (including phenoxy) is 3. The first-order chi connectivity index (χ1) is 15.2. The molecule has 1 heterocycles. The highest BCUT2D eigenvalue weighted by Crippen LogP contribution is 2.41. The summed E-state index contributed by atoms with van der Waals surface area (Å²) in [6.45, 7) is 2.73. The maximum atomic E-state index is 13.0. The van der Waals surface area contributed by atoms with Crippen LogP contribution in [0.2, 0.25) is 0 Å². The third kappa shape index (κ3) is 4.41. The number of hydrogen-bond donors (Lipinski definition) is 0. The van der Waals surface area contributed by atoms with Crippen molar-refractivity contribution in [1.82, 2.24) is 0 Å². The van der Waals surface area contributed by atoms with Gasteiger partial charge in [-0.3, -0.25) is 0 Å². The lowest BCUT2D eigenvalue weighted by Crippen LogP contribution is -2.57. The maximum Gasteiger partial charge on any atom is 0.366 e. The van der Waals surface area contributed by atoms with Crippen molar-refractivity contribution in [1.29, 1.82) is 0 Å². The van der Waals surface area contributed by atoms with Crippen LogP contribution in [0.4, 0.5) is 0 Å². The summed E-state index contributed by atoms with van der Waals surface area (Å²) < 4.78 is 18.0. The third-order valence-corrected chi connectivity index (χ3v) is 5.93. The highest BCUT2D eigenvalue weighted by atomic mass is 16.7. The molecule has 0 spiro atoms. The second kappa shape index (κ2) is 9.46. The molecule has 160 valence electrons. The van der Waals surface area contributed by atoms with E-state index in [1.807, 2.05) is 66.7 Å². The van der Waals surface area contributed by atoms with Gasteiger partial charge in [0.1, 0.15) is 0 Å². The molecule has 0 radical (unpaired) electrons. The molecule has 0 amide bonds. The van der Waals surface area contributed by atoms with Crippen LogP contribution in [0.1, 0.15) is 30.0 Å². The Morgan fingerprint density at radius 2 is 1.29 bits per heavy atom. The number of esters is 1. The van der Waals surface area contributed by atoms with Gasteiger partial charge < -0.3 is 14.2 Å². The molecule has 1 aliphatic heterocycles. The minimum absolute atomic E-state index is 0.279. The van der Waals surface area contributed by atoms with Gasteiger partial charge in [0.05, 0.1) is 25.2 Å². The molecule has 1 saturated heterocycles. The molecule has 0 bridgehead atoms. The van der Waals surface area contributed by atoms with Gasteiger partial charge in [-0.25, -0.2) is 4.79 Å². The summed E-state index contributed by atoms with van der Waals surface area (Å²) in [5.41, 5.74) is 2.83. The van der Waals surface area contributed by atoms with Gasteiger partial charge in [-0.05, 0) is 30.0 Å².